The van der Waals surface area contributed by atoms with E-state index in [1.807, 2.05) is 30.5 Å². The second-order valence-electron chi connectivity index (χ2n) is 8.17. The number of nitrogens with one attached hydrogen (secondary N) is 2. The van der Waals surface area contributed by atoms with E-state index in [-0.39, 0.29) is 29.0 Å². The van der Waals surface area contributed by atoms with Crippen LogP contribution in [0.3, 0.4) is 0 Å². The number of hydrogen-bond donors (Lipinski definition) is 2. The molecule has 9 heteroatoms. The molecule has 180 valence electrons. The molecule has 0 unspecified atom stereocenters. The van der Waals surface area contributed by atoms with Crippen LogP contribution in [-0.4, -0.2) is 32.1 Å². The highest BCUT2D eigenvalue weighted by atomic mass is 35.5. The van der Waals surface area contributed by atoms with Gasteiger partial charge in [0.25, 0.3) is 5.56 Å². The maximum atomic E-state index is 13.2. The van der Waals surface area contributed by atoms with Crippen LogP contribution in [0.25, 0.3) is 21.8 Å². The SMILES string of the molecule is O=C(CCc1c[nH]c2ccccc12)Nn1c(SCC(=O)c2ccc(Cl)cc2)nc2ccccc2c1=O. The molecule has 7 nitrogen and oxygen atoms in total. The molecule has 0 radical (unpaired) electrons. The minimum absolute atomic E-state index is 0.0393. The predicted molar refractivity (Wildman–Crippen MR) is 143 cm³/mol. The van der Waals surface area contributed by atoms with E-state index in [0.717, 1.165) is 32.9 Å². The van der Waals surface area contributed by atoms with Gasteiger partial charge >= 0.3 is 0 Å². The Labute approximate surface area is 215 Å². The normalized spacial score (nSPS) is 11.1. The zero-order valence-corrected chi connectivity index (χ0v) is 20.6. The molecule has 0 saturated carbocycles. The number of fused-ring (bicyclic) bond motifs is 2. The lowest BCUT2D eigenvalue weighted by Crippen LogP contribution is -2.35. The summed E-state index contributed by atoms with van der Waals surface area (Å²) in [6, 6.07) is 21.4. The topological polar surface area (TPSA) is 96.8 Å². The van der Waals surface area contributed by atoms with Crippen molar-refractivity contribution in [3.8, 4) is 0 Å². The Hall–Kier alpha value is -3.88. The number of amides is 1. The van der Waals surface area contributed by atoms with Gasteiger partial charge in [-0.05, 0) is 54.4 Å². The first-order valence-electron chi connectivity index (χ1n) is 11.3. The molecular formula is C27H21ClN4O3S. The minimum Gasteiger partial charge on any atom is -0.361 e. The van der Waals surface area contributed by atoms with Crippen molar-refractivity contribution >= 4 is 56.9 Å². The highest BCUT2D eigenvalue weighted by molar-refractivity contribution is 7.99. The molecule has 0 saturated heterocycles. The molecular weight excluding hydrogens is 496 g/mol. The molecule has 0 fully saturated rings. The molecule has 0 aliphatic heterocycles. The van der Waals surface area contributed by atoms with Gasteiger partial charge in [0.05, 0.1) is 16.7 Å². The van der Waals surface area contributed by atoms with E-state index in [2.05, 4.69) is 15.4 Å². The molecule has 0 aliphatic carbocycles. The Bertz CT molecular complexity index is 1640. The Kier molecular flexibility index (Phi) is 6.88. The van der Waals surface area contributed by atoms with E-state index < -0.39 is 5.56 Å². The van der Waals surface area contributed by atoms with E-state index in [1.165, 1.54) is 0 Å². The lowest BCUT2D eigenvalue weighted by Gasteiger charge is -2.14. The molecule has 5 aromatic rings. The molecule has 5 rings (SSSR count). The molecule has 36 heavy (non-hydrogen) atoms. The third-order valence-electron chi connectivity index (χ3n) is 5.78. The number of H-pyrrole nitrogens is 1. The number of Topliss-reactive ketones (excluding diaryl/α,β-unsaturated/α-hetero) is 1. The monoisotopic (exact) mass is 516 g/mol. The fraction of sp³-hybridized carbons (Fsp3) is 0.111. The van der Waals surface area contributed by atoms with Crippen molar-refractivity contribution in [3.05, 3.63) is 105 Å². The largest absolute Gasteiger partial charge is 0.361 e. The van der Waals surface area contributed by atoms with Crippen molar-refractivity contribution in [3.63, 3.8) is 0 Å². The smallest absolute Gasteiger partial charge is 0.281 e. The minimum atomic E-state index is -0.400. The van der Waals surface area contributed by atoms with Crippen LogP contribution in [0.2, 0.25) is 5.02 Å². The van der Waals surface area contributed by atoms with Crippen molar-refractivity contribution < 1.29 is 9.59 Å². The average molecular weight is 517 g/mol. The number of carbonyl (C=O) groups excluding carboxylic acids is 2. The second kappa shape index (κ2) is 10.4. The van der Waals surface area contributed by atoms with E-state index in [1.54, 1.807) is 48.5 Å². The zero-order valence-electron chi connectivity index (χ0n) is 19.0. The molecule has 0 bridgehead atoms. The number of para-hydroxylation sites is 2. The van der Waals surface area contributed by atoms with Gasteiger partial charge < -0.3 is 4.98 Å². The number of aromatic amines is 1. The van der Waals surface area contributed by atoms with Crippen LogP contribution < -0.4 is 11.0 Å². The number of hydrogen-bond acceptors (Lipinski definition) is 5. The second-order valence-corrected chi connectivity index (χ2v) is 9.54. The quantitative estimate of drug-likeness (QED) is 0.168. The summed E-state index contributed by atoms with van der Waals surface area (Å²) in [5.74, 6) is -0.431. The van der Waals surface area contributed by atoms with Gasteiger partial charge in [0.2, 0.25) is 5.91 Å². The van der Waals surface area contributed by atoms with Crippen molar-refractivity contribution in [2.45, 2.75) is 18.0 Å². The Morgan fingerprint density at radius 3 is 2.50 bits per heavy atom. The third-order valence-corrected chi connectivity index (χ3v) is 6.97. The standard InChI is InChI=1S/C27H21ClN4O3S/c28-19-12-9-17(10-13-19)24(33)16-36-27-30-23-8-4-2-6-21(23)26(35)32(27)31-25(34)14-11-18-15-29-22-7-3-1-5-20(18)22/h1-10,12-13,15,29H,11,14,16H2,(H,31,34). The summed E-state index contributed by atoms with van der Waals surface area (Å²) >= 11 is 7.00. The molecule has 0 atom stereocenters. The molecule has 2 aromatic heterocycles. The third kappa shape index (κ3) is 5.05. The molecule has 0 aliphatic rings. The van der Waals surface area contributed by atoms with Crippen LogP contribution in [-0.2, 0) is 11.2 Å². The van der Waals surface area contributed by atoms with Gasteiger partial charge in [-0.3, -0.25) is 19.8 Å². The Morgan fingerprint density at radius 1 is 0.972 bits per heavy atom. The van der Waals surface area contributed by atoms with Crippen LogP contribution in [0.15, 0.2) is 88.9 Å². The van der Waals surface area contributed by atoms with Crippen LogP contribution >= 0.6 is 23.4 Å². The van der Waals surface area contributed by atoms with Crippen molar-refractivity contribution in [2.24, 2.45) is 0 Å². The zero-order chi connectivity index (χ0) is 25.1. The Balaban J connectivity index is 1.36. The number of rotatable bonds is 8. The maximum absolute atomic E-state index is 13.2. The van der Waals surface area contributed by atoms with Crippen LogP contribution in [0.4, 0.5) is 0 Å². The number of thioether (sulfide) groups is 1. The van der Waals surface area contributed by atoms with Gasteiger partial charge in [0, 0.05) is 34.1 Å². The summed E-state index contributed by atoms with van der Waals surface area (Å²) < 4.78 is 1.14. The molecule has 2 heterocycles. The van der Waals surface area contributed by atoms with E-state index >= 15 is 0 Å². The number of nitrogens with zero attached hydrogens (tertiary/aromatic N) is 2. The number of benzene rings is 3. The number of ketones is 1. The summed E-state index contributed by atoms with van der Waals surface area (Å²) in [4.78, 5) is 46.6. The molecule has 0 spiro atoms. The summed E-state index contributed by atoms with van der Waals surface area (Å²) in [6.45, 7) is 0. The number of carbonyl (C=O) groups is 2. The summed E-state index contributed by atoms with van der Waals surface area (Å²) in [5, 5.41) is 2.22. The van der Waals surface area contributed by atoms with Gasteiger partial charge in [-0.2, -0.15) is 4.68 Å². The van der Waals surface area contributed by atoms with E-state index in [9.17, 15) is 14.4 Å². The van der Waals surface area contributed by atoms with E-state index in [0.29, 0.717) is 27.9 Å². The highest BCUT2D eigenvalue weighted by Gasteiger charge is 2.16. The highest BCUT2D eigenvalue weighted by Crippen LogP contribution is 2.21. The predicted octanol–water partition coefficient (Wildman–Crippen LogP) is 5.21. The number of halogens is 1. The number of aromatic nitrogens is 3. The van der Waals surface area contributed by atoms with Crippen LogP contribution in [0, 0.1) is 0 Å². The first-order valence-corrected chi connectivity index (χ1v) is 12.6. The van der Waals surface area contributed by atoms with Gasteiger partial charge in [-0.1, -0.05) is 53.7 Å². The first-order chi connectivity index (χ1) is 17.5. The van der Waals surface area contributed by atoms with Crippen molar-refractivity contribution in [1.82, 2.24) is 14.6 Å². The van der Waals surface area contributed by atoms with Crippen LogP contribution in [0.5, 0.6) is 0 Å². The van der Waals surface area contributed by atoms with Gasteiger partial charge in [-0.25, -0.2) is 4.98 Å². The fourth-order valence-electron chi connectivity index (χ4n) is 3.92. The van der Waals surface area contributed by atoms with Crippen molar-refractivity contribution in [1.29, 1.82) is 0 Å². The van der Waals surface area contributed by atoms with E-state index in [4.69, 9.17) is 11.6 Å². The molecule has 2 N–H and O–H groups in total. The van der Waals surface area contributed by atoms with Gasteiger partial charge in [-0.15, -0.1) is 0 Å². The summed E-state index contributed by atoms with van der Waals surface area (Å²) in [7, 11) is 0. The fourth-order valence-corrected chi connectivity index (χ4v) is 4.90. The summed E-state index contributed by atoms with van der Waals surface area (Å²) in [6.07, 6.45) is 2.57. The molecule has 1 amide bonds. The lowest BCUT2D eigenvalue weighted by atomic mass is 10.1. The lowest BCUT2D eigenvalue weighted by molar-refractivity contribution is -0.117. The molecule has 3 aromatic carbocycles. The van der Waals surface area contributed by atoms with Crippen LogP contribution in [0.1, 0.15) is 22.3 Å². The van der Waals surface area contributed by atoms with Gasteiger partial charge in [0.1, 0.15) is 0 Å². The Morgan fingerprint density at radius 2 is 1.69 bits per heavy atom. The average Bonchev–Trinajstić information content (AvgIpc) is 3.31. The number of aryl methyl sites for hydroxylation is 1. The maximum Gasteiger partial charge on any atom is 0.281 e. The first kappa shape index (κ1) is 23.8. The van der Waals surface area contributed by atoms with Gasteiger partial charge in [0.15, 0.2) is 10.9 Å². The summed E-state index contributed by atoms with van der Waals surface area (Å²) in [5.41, 5.74) is 5.32. The van der Waals surface area contributed by atoms with Crippen molar-refractivity contribution in [2.75, 3.05) is 11.2 Å².